The Labute approximate surface area is 122 Å². The molecular formula is C16H18N2OS. The minimum absolute atomic E-state index is 0.0463. The Bertz CT molecular complexity index is 648. The second-order valence-corrected chi connectivity index (χ2v) is 6.40. The van der Waals surface area contributed by atoms with Gasteiger partial charge in [-0.25, -0.2) is 0 Å². The number of rotatable bonds is 2. The molecule has 1 amide bonds. The average molecular weight is 286 g/mol. The fraction of sp³-hybridized carbons (Fsp3) is 0.312. The summed E-state index contributed by atoms with van der Waals surface area (Å²) in [6.45, 7) is 2.27. The van der Waals surface area contributed by atoms with Crippen molar-refractivity contribution in [2.45, 2.75) is 26.2 Å². The van der Waals surface area contributed by atoms with E-state index in [0.717, 1.165) is 30.7 Å². The zero-order valence-electron chi connectivity index (χ0n) is 11.5. The number of fused-ring (bicyclic) bond motifs is 1. The van der Waals surface area contributed by atoms with Crippen molar-refractivity contribution in [3.63, 3.8) is 0 Å². The quantitative estimate of drug-likeness (QED) is 0.827. The molecule has 104 valence electrons. The van der Waals surface area contributed by atoms with Gasteiger partial charge in [0.15, 0.2) is 0 Å². The lowest BCUT2D eigenvalue weighted by Crippen LogP contribution is -2.17. The molecule has 0 fully saturated rings. The third-order valence-electron chi connectivity index (χ3n) is 3.86. The van der Waals surface area contributed by atoms with E-state index in [0.29, 0.717) is 11.4 Å². The number of thiophene rings is 1. The minimum atomic E-state index is -0.0463. The van der Waals surface area contributed by atoms with Gasteiger partial charge < -0.3 is 11.1 Å². The van der Waals surface area contributed by atoms with Crippen LogP contribution in [0.15, 0.2) is 29.6 Å². The number of hydrogen-bond donors (Lipinski definition) is 2. The summed E-state index contributed by atoms with van der Waals surface area (Å²) in [6.07, 6.45) is 3.27. The number of nitrogens with two attached hydrogens (primary N) is 1. The van der Waals surface area contributed by atoms with Crippen LogP contribution in [0.25, 0.3) is 0 Å². The van der Waals surface area contributed by atoms with Crippen molar-refractivity contribution < 1.29 is 4.79 Å². The molecule has 0 saturated carbocycles. The Morgan fingerprint density at radius 2 is 2.20 bits per heavy atom. The molecule has 1 atom stereocenters. The van der Waals surface area contributed by atoms with Crippen LogP contribution in [0.5, 0.6) is 0 Å². The van der Waals surface area contributed by atoms with E-state index < -0.39 is 0 Å². The van der Waals surface area contributed by atoms with E-state index in [1.54, 1.807) is 17.4 Å². The Morgan fingerprint density at radius 3 is 3.00 bits per heavy atom. The molecule has 1 aliphatic rings. The first-order valence-electron chi connectivity index (χ1n) is 6.90. The number of para-hydroxylation sites is 2. The van der Waals surface area contributed by atoms with Crippen LogP contribution in [0.3, 0.4) is 0 Å². The average Bonchev–Trinajstić information content (AvgIpc) is 2.84. The van der Waals surface area contributed by atoms with Crippen LogP contribution in [-0.4, -0.2) is 5.91 Å². The van der Waals surface area contributed by atoms with Crippen molar-refractivity contribution in [2.24, 2.45) is 5.92 Å². The van der Waals surface area contributed by atoms with Gasteiger partial charge in [0.25, 0.3) is 5.91 Å². The normalized spacial score (nSPS) is 17.6. The maximum Gasteiger partial charge on any atom is 0.256 e. The van der Waals surface area contributed by atoms with Gasteiger partial charge in [-0.15, -0.1) is 11.3 Å². The van der Waals surface area contributed by atoms with Crippen molar-refractivity contribution in [1.29, 1.82) is 0 Å². The van der Waals surface area contributed by atoms with Crippen LogP contribution in [0.2, 0.25) is 0 Å². The van der Waals surface area contributed by atoms with Gasteiger partial charge in [0.2, 0.25) is 0 Å². The second kappa shape index (κ2) is 5.29. The number of nitrogens with one attached hydrogen (secondary N) is 1. The highest BCUT2D eigenvalue weighted by molar-refractivity contribution is 7.10. The van der Waals surface area contributed by atoms with E-state index in [9.17, 15) is 4.79 Å². The summed E-state index contributed by atoms with van der Waals surface area (Å²) in [7, 11) is 0. The van der Waals surface area contributed by atoms with Gasteiger partial charge in [-0.1, -0.05) is 19.1 Å². The van der Waals surface area contributed by atoms with E-state index >= 15 is 0 Å². The predicted molar refractivity (Wildman–Crippen MR) is 84.3 cm³/mol. The molecule has 1 unspecified atom stereocenters. The van der Waals surface area contributed by atoms with Crippen molar-refractivity contribution in [1.82, 2.24) is 0 Å². The maximum atomic E-state index is 12.4. The molecule has 3 nitrogen and oxygen atoms in total. The zero-order chi connectivity index (χ0) is 14.1. The van der Waals surface area contributed by atoms with Gasteiger partial charge >= 0.3 is 0 Å². The third kappa shape index (κ3) is 2.43. The van der Waals surface area contributed by atoms with E-state index in [1.807, 2.05) is 23.6 Å². The summed E-state index contributed by atoms with van der Waals surface area (Å²) < 4.78 is 0. The molecule has 2 aromatic rings. The number of carbonyl (C=O) groups is 1. The molecule has 1 aliphatic carbocycles. The molecule has 1 aromatic carbocycles. The number of benzene rings is 1. The fourth-order valence-electron chi connectivity index (χ4n) is 2.67. The number of amides is 1. The summed E-state index contributed by atoms with van der Waals surface area (Å²) >= 11 is 1.71. The Balaban J connectivity index is 1.84. The first-order valence-corrected chi connectivity index (χ1v) is 7.78. The second-order valence-electron chi connectivity index (χ2n) is 5.44. The van der Waals surface area contributed by atoms with Crippen molar-refractivity contribution >= 4 is 28.6 Å². The zero-order valence-corrected chi connectivity index (χ0v) is 12.3. The Morgan fingerprint density at radius 1 is 1.40 bits per heavy atom. The lowest BCUT2D eigenvalue weighted by Gasteiger charge is -2.19. The van der Waals surface area contributed by atoms with Crippen molar-refractivity contribution in [3.05, 3.63) is 45.6 Å². The van der Waals surface area contributed by atoms with Crippen LogP contribution in [-0.2, 0) is 12.8 Å². The molecule has 3 N–H and O–H groups in total. The summed E-state index contributed by atoms with van der Waals surface area (Å²) in [6, 6.07) is 7.35. The lowest BCUT2D eigenvalue weighted by molar-refractivity contribution is 0.102. The van der Waals surface area contributed by atoms with Gasteiger partial charge in [0.1, 0.15) is 0 Å². The fourth-order valence-corrected chi connectivity index (χ4v) is 3.91. The molecule has 0 aliphatic heterocycles. The van der Waals surface area contributed by atoms with Crippen LogP contribution >= 0.6 is 11.3 Å². The molecule has 1 heterocycles. The highest BCUT2D eigenvalue weighted by Crippen LogP contribution is 2.33. The monoisotopic (exact) mass is 286 g/mol. The van der Waals surface area contributed by atoms with Gasteiger partial charge in [-0.05, 0) is 42.9 Å². The Kier molecular flexibility index (Phi) is 3.49. The summed E-state index contributed by atoms with van der Waals surface area (Å²) in [4.78, 5) is 13.8. The van der Waals surface area contributed by atoms with E-state index in [-0.39, 0.29) is 5.91 Å². The molecule has 0 saturated heterocycles. The number of nitrogen functional groups attached to an aromatic ring is 1. The number of hydrogen-bond acceptors (Lipinski definition) is 3. The first-order chi connectivity index (χ1) is 9.65. The lowest BCUT2D eigenvalue weighted by atomic mass is 9.88. The Hall–Kier alpha value is -1.81. The van der Waals surface area contributed by atoms with Crippen LogP contribution in [0.4, 0.5) is 11.4 Å². The minimum Gasteiger partial charge on any atom is -0.397 e. The molecular weight excluding hydrogens is 268 g/mol. The van der Waals surface area contributed by atoms with Gasteiger partial charge in [0, 0.05) is 10.3 Å². The first kappa shape index (κ1) is 13.2. The highest BCUT2D eigenvalue weighted by Gasteiger charge is 2.23. The van der Waals surface area contributed by atoms with Crippen molar-refractivity contribution in [2.75, 3.05) is 11.1 Å². The number of carbonyl (C=O) groups excluding carboxylic acids is 1. The largest absolute Gasteiger partial charge is 0.397 e. The van der Waals surface area contributed by atoms with E-state index in [1.165, 1.54) is 10.4 Å². The van der Waals surface area contributed by atoms with Gasteiger partial charge in [-0.2, -0.15) is 0 Å². The third-order valence-corrected chi connectivity index (χ3v) is 4.91. The maximum absolute atomic E-state index is 12.4. The van der Waals surface area contributed by atoms with Gasteiger partial charge in [-0.3, -0.25) is 4.79 Å². The molecule has 0 radical (unpaired) electrons. The van der Waals surface area contributed by atoms with Crippen LogP contribution in [0.1, 0.15) is 34.1 Å². The molecule has 1 aromatic heterocycles. The smallest absolute Gasteiger partial charge is 0.256 e. The van der Waals surface area contributed by atoms with E-state index in [2.05, 4.69) is 12.2 Å². The molecule has 20 heavy (non-hydrogen) atoms. The topological polar surface area (TPSA) is 55.1 Å². The highest BCUT2D eigenvalue weighted by atomic mass is 32.1. The summed E-state index contributed by atoms with van der Waals surface area (Å²) in [5.74, 6) is 0.678. The summed E-state index contributed by atoms with van der Waals surface area (Å²) in [5, 5.41) is 4.90. The standard InChI is InChI=1S/C16H18N2OS/c1-10-6-7-11-12(9-20-15(11)8-10)16(19)18-14-5-3-2-4-13(14)17/h2-5,9-10H,6-8,17H2,1H3,(H,18,19). The van der Waals surface area contributed by atoms with Crippen LogP contribution < -0.4 is 11.1 Å². The van der Waals surface area contributed by atoms with Gasteiger partial charge in [0.05, 0.1) is 16.9 Å². The molecule has 0 spiro atoms. The number of anilines is 2. The molecule has 0 bridgehead atoms. The van der Waals surface area contributed by atoms with Crippen LogP contribution in [0, 0.1) is 5.92 Å². The summed E-state index contributed by atoms with van der Waals surface area (Å²) in [5.41, 5.74) is 9.20. The van der Waals surface area contributed by atoms with Crippen molar-refractivity contribution in [3.8, 4) is 0 Å². The van der Waals surface area contributed by atoms with E-state index in [4.69, 9.17) is 5.73 Å². The predicted octanol–water partition coefficient (Wildman–Crippen LogP) is 3.71. The SMILES string of the molecule is CC1CCc2c(C(=O)Nc3ccccc3N)csc2C1. The molecule has 4 heteroatoms. The molecule has 3 rings (SSSR count).